The van der Waals surface area contributed by atoms with Crippen molar-refractivity contribution in [2.75, 3.05) is 13.7 Å². The first-order valence-corrected chi connectivity index (χ1v) is 8.57. The number of thiazole rings is 1. The summed E-state index contributed by atoms with van der Waals surface area (Å²) in [6.45, 7) is 4.03. The molecule has 2 aromatic carbocycles. The molecule has 3 aromatic rings. The summed E-state index contributed by atoms with van der Waals surface area (Å²) in [7, 11) is 1.59. The van der Waals surface area contributed by atoms with Gasteiger partial charge in [-0.2, -0.15) is 0 Å². The highest BCUT2D eigenvalue weighted by Crippen LogP contribution is 2.30. The van der Waals surface area contributed by atoms with Gasteiger partial charge in [0.15, 0.2) is 11.5 Å². The Bertz CT molecular complexity index is 994. The topological polar surface area (TPSA) is 74.5 Å². The molecular formula is C19H16N2O4S. The highest BCUT2D eigenvalue weighted by Gasteiger charge is 2.09. The van der Waals surface area contributed by atoms with E-state index in [0.717, 1.165) is 15.3 Å². The van der Waals surface area contributed by atoms with Crippen molar-refractivity contribution in [3.63, 3.8) is 0 Å². The van der Waals surface area contributed by atoms with Crippen LogP contribution in [0, 0.1) is 10.1 Å². The smallest absolute Gasteiger partial charge is 0.271 e. The average Bonchev–Trinajstić information content (AvgIpc) is 3.06. The van der Waals surface area contributed by atoms with Crippen molar-refractivity contribution in [1.29, 1.82) is 0 Å². The molecule has 26 heavy (non-hydrogen) atoms. The second kappa shape index (κ2) is 7.79. The van der Waals surface area contributed by atoms with E-state index in [4.69, 9.17) is 9.47 Å². The summed E-state index contributed by atoms with van der Waals surface area (Å²) >= 11 is 1.47. The fourth-order valence-electron chi connectivity index (χ4n) is 2.34. The Morgan fingerprint density at radius 1 is 1.23 bits per heavy atom. The third-order valence-corrected chi connectivity index (χ3v) is 4.56. The number of rotatable bonds is 7. The quantitative estimate of drug-likeness (QED) is 0.335. The lowest BCUT2D eigenvalue weighted by atomic mass is 10.2. The van der Waals surface area contributed by atoms with Crippen LogP contribution in [0.1, 0.15) is 10.6 Å². The molecule has 0 spiro atoms. The molecule has 7 heteroatoms. The van der Waals surface area contributed by atoms with Crippen LogP contribution in [-0.2, 0) is 0 Å². The van der Waals surface area contributed by atoms with E-state index in [-0.39, 0.29) is 5.69 Å². The molecule has 0 aliphatic heterocycles. The standard InChI is InChI=1S/C19H16N2O4S/c1-3-10-25-16-7-4-13(11-17(16)24-2)5-9-19-20-15-12-14(21(22)23)6-8-18(15)26-19/h3-9,11-12H,1,10H2,2H3/b9-5+. The Morgan fingerprint density at radius 3 is 2.81 bits per heavy atom. The fraction of sp³-hybridized carbons (Fsp3) is 0.105. The maximum absolute atomic E-state index is 10.9. The molecule has 3 rings (SSSR count). The lowest BCUT2D eigenvalue weighted by molar-refractivity contribution is -0.384. The number of non-ortho nitro benzene ring substituents is 1. The normalized spacial score (nSPS) is 11.0. The van der Waals surface area contributed by atoms with Gasteiger partial charge in [-0.25, -0.2) is 4.98 Å². The third kappa shape index (κ3) is 3.89. The van der Waals surface area contributed by atoms with E-state index < -0.39 is 4.92 Å². The Kier molecular flexibility index (Phi) is 5.28. The molecule has 0 saturated carbocycles. The van der Waals surface area contributed by atoms with Crippen molar-refractivity contribution in [3.8, 4) is 11.5 Å². The van der Waals surface area contributed by atoms with E-state index in [2.05, 4.69) is 11.6 Å². The number of aromatic nitrogens is 1. The van der Waals surface area contributed by atoms with E-state index in [1.54, 1.807) is 19.3 Å². The van der Waals surface area contributed by atoms with Gasteiger partial charge in [-0.05, 0) is 29.8 Å². The van der Waals surface area contributed by atoms with Crippen LogP contribution in [-0.4, -0.2) is 23.6 Å². The minimum Gasteiger partial charge on any atom is -0.493 e. The lowest BCUT2D eigenvalue weighted by Gasteiger charge is -2.09. The number of hydrogen-bond donors (Lipinski definition) is 0. The number of fused-ring (bicyclic) bond motifs is 1. The Morgan fingerprint density at radius 2 is 2.08 bits per heavy atom. The van der Waals surface area contributed by atoms with Gasteiger partial charge >= 0.3 is 0 Å². The zero-order valence-electron chi connectivity index (χ0n) is 14.0. The zero-order chi connectivity index (χ0) is 18.5. The molecule has 132 valence electrons. The molecule has 0 saturated heterocycles. The zero-order valence-corrected chi connectivity index (χ0v) is 14.9. The third-order valence-electron chi connectivity index (χ3n) is 3.56. The summed E-state index contributed by atoms with van der Waals surface area (Å²) in [5.74, 6) is 1.28. The van der Waals surface area contributed by atoms with Crippen molar-refractivity contribution in [1.82, 2.24) is 4.98 Å². The molecule has 0 N–H and O–H groups in total. The van der Waals surface area contributed by atoms with Crippen molar-refractivity contribution in [2.45, 2.75) is 0 Å². The van der Waals surface area contributed by atoms with Crippen LogP contribution in [0.3, 0.4) is 0 Å². The van der Waals surface area contributed by atoms with Crippen molar-refractivity contribution in [3.05, 3.63) is 69.7 Å². The predicted molar refractivity (Wildman–Crippen MR) is 104 cm³/mol. The van der Waals surface area contributed by atoms with Gasteiger partial charge < -0.3 is 9.47 Å². The Balaban J connectivity index is 1.83. The van der Waals surface area contributed by atoms with Gasteiger partial charge in [0.05, 0.1) is 22.2 Å². The van der Waals surface area contributed by atoms with E-state index in [9.17, 15) is 10.1 Å². The average molecular weight is 368 g/mol. The van der Waals surface area contributed by atoms with E-state index in [1.165, 1.54) is 23.5 Å². The first-order valence-electron chi connectivity index (χ1n) is 7.75. The summed E-state index contributed by atoms with van der Waals surface area (Å²) in [5.41, 5.74) is 1.59. The number of ether oxygens (including phenoxy) is 2. The lowest BCUT2D eigenvalue weighted by Crippen LogP contribution is -1.96. The highest BCUT2D eigenvalue weighted by atomic mass is 32.1. The van der Waals surface area contributed by atoms with Crippen LogP contribution in [0.5, 0.6) is 11.5 Å². The second-order valence-electron chi connectivity index (χ2n) is 5.30. The first-order chi connectivity index (χ1) is 12.6. The van der Waals surface area contributed by atoms with E-state index >= 15 is 0 Å². The fourth-order valence-corrected chi connectivity index (χ4v) is 3.19. The van der Waals surface area contributed by atoms with E-state index in [1.807, 2.05) is 30.4 Å². The van der Waals surface area contributed by atoms with Gasteiger partial charge in [0.2, 0.25) is 0 Å². The van der Waals surface area contributed by atoms with Crippen LogP contribution < -0.4 is 9.47 Å². The molecule has 1 heterocycles. The summed E-state index contributed by atoms with van der Waals surface area (Å²) in [5, 5.41) is 11.6. The minimum absolute atomic E-state index is 0.0400. The van der Waals surface area contributed by atoms with Crippen molar-refractivity contribution < 1.29 is 14.4 Å². The predicted octanol–water partition coefficient (Wildman–Crippen LogP) is 4.95. The largest absolute Gasteiger partial charge is 0.493 e. The summed E-state index contributed by atoms with van der Waals surface area (Å²) < 4.78 is 11.8. The molecule has 1 aromatic heterocycles. The number of nitro groups is 1. The van der Waals surface area contributed by atoms with Gasteiger partial charge in [0, 0.05) is 12.1 Å². The molecule has 0 aliphatic carbocycles. The summed E-state index contributed by atoms with van der Waals surface area (Å²) in [6.07, 6.45) is 5.45. The Hall–Kier alpha value is -3.19. The molecule has 0 bridgehead atoms. The van der Waals surface area contributed by atoms with Crippen LogP contribution in [0.4, 0.5) is 5.69 Å². The number of methoxy groups -OCH3 is 1. The van der Waals surface area contributed by atoms with E-state index in [0.29, 0.717) is 23.6 Å². The van der Waals surface area contributed by atoms with Gasteiger partial charge in [0.25, 0.3) is 5.69 Å². The summed E-state index contributed by atoms with van der Waals surface area (Å²) in [6, 6.07) is 10.3. The Labute approximate surface area is 154 Å². The van der Waals surface area contributed by atoms with Gasteiger partial charge in [-0.3, -0.25) is 10.1 Å². The number of hydrogen-bond acceptors (Lipinski definition) is 6. The highest BCUT2D eigenvalue weighted by molar-refractivity contribution is 7.19. The SMILES string of the molecule is C=CCOc1ccc(/C=C/c2nc3cc([N+](=O)[O-])ccc3s2)cc1OC. The molecular weight excluding hydrogens is 352 g/mol. The summed E-state index contributed by atoms with van der Waals surface area (Å²) in [4.78, 5) is 14.9. The van der Waals surface area contributed by atoms with Crippen LogP contribution in [0.25, 0.3) is 22.4 Å². The molecule has 0 unspecified atom stereocenters. The molecule has 0 aliphatic rings. The number of benzene rings is 2. The van der Waals surface area contributed by atoms with Gasteiger partial charge in [-0.15, -0.1) is 11.3 Å². The molecule has 0 fully saturated rings. The molecule has 0 amide bonds. The maximum Gasteiger partial charge on any atom is 0.271 e. The minimum atomic E-state index is -0.420. The monoisotopic (exact) mass is 368 g/mol. The number of nitrogens with zero attached hydrogens (tertiary/aromatic N) is 2. The van der Waals surface area contributed by atoms with Crippen molar-refractivity contribution in [2.24, 2.45) is 0 Å². The van der Waals surface area contributed by atoms with Crippen molar-refractivity contribution >= 4 is 39.4 Å². The number of nitro benzene ring substituents is 1. The van der Waals surface area contributed by atoms with Gasteiger partial charge in [0.1, 0.15) is 11.6 Å². The molecule has 0 atom stereocenters. The van der Waals surface area contributed by atoms with Crippen LogP contribution in [0.15, 0.2) is 49.1 Å². The molecule has 0 radical (unpaired) electrons. The second-order valence-corrected chi connectivity index (χ2v) is 6.37. The van der Waals surface area contributed by atoms with Crippen LogP contribution >= 0.6 is 11.3 Å². The van der Waals surface area contributed by atoms with Crippen LogP contribution in [0.2, 0.25) is 0 Å². The van der Waals surface area contributed by atoms with Gasteiger partial charge in [-0.1, -0.05) is 24.8 Å². The first kappa shape index (κ1) is 17.6. The molecule has 6 nitrogen and oxygen atoms in total. The maximum atomic E-state index is 10.9.